The Morgan fingerprint density at radius 3 is 2.27 bits per heavy atom. The zero-order valence-electron chi connectivity index (χ0n) is 10.4. The van der Waals surface area contributed by atoms with Gasteiger partial charge in [-0.1, -0.05) is 46.0 Å². The van der Waals surface area contributed by atoms with E-state index in [0.717, 1.165) is 32.0 Å². The van der Waals surface area contributed by atoms with Gasteiger partial charge in [-0.3, -0.25) is 0 Å². The lowest BCUT2D eigenvalue weighted by atomic mass is 9.83. The van der Waals surface area contributed by atoms with Crippen molar-refractivity contribution in [2.24, 2.45) is 11.7 Å². The van der Waals surface area contributed by atoms with E-state index in [1.54, 1.807) is 0 Å². The van der Waals surface area contributed by atoms with E-state index in [1.165, 1.54) is 32.1 Å². The topological polar surface area (TPSA) is 35.2 Å². The molecule has 15 heavy (non-hydrogen) atoms. The van der Waals surface area contributed by atoms with Gasteiger partial charge in [-0.2, -0.15) is 0 Å². The largest absolute Gasteiger partial charge is 0.379 e. The number of rotatable bonds is 6. The first-order chi connectivity index (χ1) is 7.20. The van der Waals surface area contributed by atoms with Crippen molar-refractivity contribution in [3.05, 3.63) is 0 Å². The molecule has 1 saturated carbocycles. The van der Waals surface area contributed by atoms with E-state index in [2.05, 4.69) is 13.8 Å². The highest BCUT2D eigenvalue weighted by atomic mass is 16.5. The molecule has 0 heterocycles. The molecular weight excluding hydrogens is 186 g/mol. The van der Waals surface area contributed by atoms with Gasteiger partial charge in [0.2, 0.25) is 0 Å². The van der Waals surface area contributed by atoms with Crippen molar-refractivity contribution >= 4 is 0 Å². The number of hydrogen-bond acceptors (Lipinski definition) is 2. The minimum absolute atomic E-state index is 0.00964. The maximum atomic E-state index is 6.30. The molecule has 0 amide bonds. The maximum Gasteiger partial charge on any atom is 0.0646 e. The van der Waals surface area contributed by atoms with Crippen LogP contribution in [0.25, 0.3) is 0 Å². The SMILES string of the molecule is CCC(CC)COCC1(N)CCCCC1. The first-order valence-electron chi connectivity index (χ1n) is 6.57. The molecule has 1 rings (SSSR count). The Morgan fingerprint density at radius 2 is 1.73 bits per heavy atom. The maximum absolute atomic E-state index is 6.30. The average molecular weight is 213 g/mol. The van der Waals surface area contributed by atoms with E-state index < -0.39 is 0 Å². The molecule has 0 aromatic carbocycles. The summed E-state index contributed by atoms with van der Waals surface area (Å²) >= 11 is 0. The van der Waals surface area contributed by atoms with Crippen LogP contribution in [-0.4, -0.2) is 18.8 Å². The van der Waals surface area contributed by atoms with Crippen LogP contribution in [0.4, 0.5) is 0 Å². The summed E-state index contributed by atoms with van der Waals surface area (Å²) in [7, 11) is 0. The van der Waals surface area contributed by atoms with Crippen molar-refractivity contribution in [3.8, 4) is 0 Å². The van der Waals surface area contributed by atoms with Crippen molar-refractivity contribution in [3.63, 3.8) is 0 Å². The summed E-state index contributed by atoms with van der Waals surface area (Å²) in [6, 6.07) is 0. The van der Waals surface area contributed by atoms with Crippen molar-refractivity contribution in [1.29, 1.82) is 0 Å². The van der Waals surface area contributed by atoms with Crippen LogP contribution in [0.2, 0.25) is 0 Å². The van der Waals surface area contributed by atoms with Gasteiger partial charge in [-0.25, -0.2) is 0 Å². The zero-order chi connectivity index (χ0) is 11.1. The third-order valence-corrected chi connectivity index (χ3v) is 3.75. The molecule has 2 N–H and O–H groups in total. The van der Waals surface area contributed by atoms with Gasteiger partial charge in [0, 0.05) is 12.1 Å². The van der Waals surface area contributed by atoms with Crippen LogP contribution in [0.3, 0.4) is 0 Å². The first-order valence-corrected chi connectivity index (χ1v) is 6.57. The lowest BCUT2D eigenvalue weighted by Crippen LogP contribution is -2.46. The van der Waals surface area contributed by atoms with Crippen molar-refractivity contribution < 1.29 is 4.74 Å². The summed E-state index contributed by atoms with van der Waals surface area (Å²) in [5.74, 6) is 0.720. The van der Waals surface area contributed by atoms with Crippen LogP contribution in [-0.2, 0) is 4.74 Å². The third kappa shape index (κ3) is 4.52. The highest BCUT2D eigenvalue weighted by molar-refractivity contribution is 4.86. The van der Waals surface area contributed by atoms with Gasteiger partial charge in [0.25, 0.3) is 0 Å². The zero-order valence-corrected chi connectivity index (χ0v) is 10.4. The number of ether oxygens (including phenoxy) is 1. The van der Waals surface area contributed by atoms with Crippen molar-refractivity contribution in [2.45, 2.75) is 64.3 Å². The molecular formula is C13H27NO. The summed E-state index contributed by atoms with van der Waals surface area (Å²) in [6.07, 6.45) is 8.65. The standard InChI is InChI=1S/C13H27NO/c1-3-12(4-2)10-15-11-13(14)8-6-5-7-9-13/h12H,3-11,14H2,1-2H3. The fraction of sp³-hybridized carbons (Fsp3) is 1.00. The number of hydrogen-bond donors (Lipinski definition) is 1. The molecule has 1 fully saturated rings. The van der Waals surface area contributed by atoms with E-state index >= 15 is 0 Å². The molecule has 2 heteroatoms. The molecule has 0 aliphatic heterocycles. The second-order valence-electron chi connectivity index (χ2n) is 5.12. The van der Waals surface area contributed by atoms with Gasteiger partial charge in [0.1, 0.15) is 0 Å². The van der Waals surface area contributed by atoms with Crippen LogP contribution < -0.4 is 5.73 Å². The van der Waals surface area contributed by atoms with E-state index in [4.69, 9.17) is 10.5 Å². The summed E-state index contributed by atoms with van der Waals surface area (Å²) in [6.45, 7) is 6.13. The third-order valence-electron chi connectivity index (χ3n) is 3.75. The Kier molecular flexibility index (Phi) is 5.62. The summed E-state index contributed by atoms with van der Waals surface area (Å²) in [5, 5.41) is 0. The Morgan fingerprint density at radius 1 is 1.13 bits per heavy atom. The van der Waals surface area contributed by atoms with Gasteiger partial charge >= 0.3 is 0 Å². The Hall–Kier alpha value is -0.0800. The Balaban J connectivity index is 2.17. The quantitative estimate of drug-likeness (QED) is 0.736. The summed E-state index contributed by atoms with van der Waals surface area (Å²) in [4.78, 5) is 0. The first kappa shape index (κ1) is 13.0. The highest BCUT2D eigenvalue weighted by Gasteiger charge is 2.27. The molecule has 1 aliphatic carbocycles. The van der Waals surface area contributed by atoms with Crippen LogP contribution in [0.15, 0.2) is 0 Å². The van der Waals surface area contributed by atoms with Gasteiger partial charge in [0.15, 0.2) is 0 Å². The lowest BCUT2D eigenvalue weighted by Gasteiger charge is -2.33. The molecule has 1 aliphatic rings. The summed E-state index contributed by atoms with van der Waals surface area (Å²) in [5.41, 5.74) is 6.29. The van der Waals surface area contributed by atoms with Crippen LogP contribution in [0.5, 0.6) is 0 Å². The molecule has 0 spiro atoms. The van der Waals surface area contributed by atoms with E-state index in [1.807, 2.05) is 0 Å². The van der Waals surface area contributed by atoms with Gasteiger partial charge < -0.3 is 10.5 Å². The smallest absolute Gasteiger partial charge is 0.0646 e. The Bertz CT molecular complexity index is 160. The minimum atomic E-state index is -0.00964. The molecule has 0 unspecified atom stereocenters. The minimum Gasteiger partial charge on any atom is -0.379 e. The lowest BCUT2D eigenvalue weighted by molar-refractivity contribution is 0.0445. The molecule has 0 saturated heterocycles. The van der Waals surface area contributed by atoms with Gasteiger partial charge in [0.05, 0.1) is 6.61 Å². The second kappa shape index (κ2) is 6.49. The van der Waals surface area contributed by atoms with Crippen LogP contribution in [0, 0.1) is 5.92 Å². The van der Waals surface area contributed by atoms with E-state index in [9.17, 15) is 0 Å². The molecule has 0 radical (unpaired) electrons. The monoisotopic (exact) mass is 213 g/mol. The highest BCUT2D eigenvalue weighted by Crippen LogP contribution is 2.26. The predicted molar refractivity (Wildman–Crippen MR) is 64.9 cm³/mol. The van der Waals surface area contributed by atoms with Gasteiger partial charge in [-0.15, -0.1) is 0 Å². The molecule has 90 valence electrons. The number of nitrogens with two attached hydrogens (primary N) is 1. The summed E-state index contributed by atoms with van der Waals surface area (Å²) < 4.78 is 5.80. The molecule has 0 bridgehead atoms. The molecule has 0 aromatic heterocycles. The molecule has 0 atom stereocenters. The fourth-order valence-corrected chi connectivity index (χ4v) is 2.35. The van der Waals surface area contributed by atoms with E-state index in [-0.39, 0.29) is 5.54 Å². The Labute approximate surface area is 94.6 Å². The van der Waals surface area contributed by atoms with Crippen LogP contribution >= 0.6 is 0 Å². The average Bonchev–Trinajstić information content (AvgIpc) is 2.25. The predicted octanol–water partition coefficient (Wildman–Crippen LogP) is 3.10. The fourth-order valence-electron chi connectivity index (χ4n) is 2.35. The molecule has 0 aromatic rings. The van der Waals surface area contributed by atoms with Crippen LogP contribution in [0.1, 0.15) is 58.8 Å². The van der Waals surface area contributed by atoms with Crippen molar-refractivity contribution in [2.75, 3.05) is 13.2 Å². The van der Waals surface area contributed by atoms with E-state index in [0.29, 0.717) is 0 Å². The molecule has 2 nitrogen and oxygen atoms in total. The normalized spacial score (nSPS) is 20.8. The second-order valence-corrected chi connectivity index (χ2v) is 5.12. The van der Waals surface area contributed by atoms with Gasteiger partial charge in [-0.05, 0) is 18.8 Å². The van der Waals surface area contributed by atoms with Crippen molar-refractivity contribution in [1.82, 2.24) is 0 Å².